The molecule has 1 atom stereocenters. The first kappa shape index (κ1) is 11.5. The summed E-state index contributed by atoms with van der Waals surface area (Å²) >= 11 is 5.24. The molecule has 82 valence electrons. The van der Waals surface area contributed by atoms with Gasteiger partial charge in [0, 0.05) is 15.1 Å². The van der Waals surface area contributed by atoms with E-state index < -0.39 is 0 Å². The number of benzene rings is 1. The van der Waals surface area contributed by atoms with Crippen molar-refractivity contribution in [1.82, 2.24) is 0 Å². The van der Waals surface area contributed by atoms with Crippen LogP contribution < -0.4 is 0 Å². The Kier molecular flexibility index (Phi) is 4.12. The molecular formula is C12H15BrOS. The van der Waals surface area contributed by atoms with E-state index in [0.717, 1.165) is 22.6 Å². The smallest absolute Gasteiger partial charge is 0.0636 e. The average Bonchev–Trinajstić information content (AvgIpc) is 3.00. The van der Waals surface area contributed by atoms with Gasteiger partial charge in [-0.25, -0.2) is 0 Å². The molecule has 2 rings (SSSR count). The summed E-state index contributed by atoms with van der Waals surface area (Å²) in [5.41, 5.74) is 0. The summed E-state index contributed by atoms with van der Waals surface area (Å²) in [6, 6.07) is 8.16. The first-order valence-electron chi connectivity index (χ1n) is 5.31. The molecule has 0 bridgehead atoms. The fourth-order valence-electron chi connectivity index (χ4n) is 1.55. The lowest BCUT2D eigenvalue weighted by Gasteiger charge is -2.09. The summed E-state index contributed by atoms with van der Waals surface area (Å²) in [7, 11) is 0. The Balaban J connectivity index is 1.78. The molecule has 0 saturated heterocycles. The molecule has 1 aliphatic rings. The van der Waals surface area contributed by atoms with E-state index in [0.29, 0.717) is 0 Å². The van der Waals surface area contributed by atoms with Crippen LogP contribution in [0.1, 0.15) is 19.3 Å². The molecule has 1 saturated carbocycles. The Morgan fingerprint density at radius 3 is 2.80 bits per heavy atom. The predicted molar refractivity (Wildman–Crippen MR) is 68.2 cm³/mol. The van der Waals surface area contributed by atoms with Crippen molar-refractivity contribution in [3.05, 3.63) is 28.7 Å². The number of halogens is 1. The number of rotatable bonds is 5. The Hall–Kier alpha value is 0.01000. The summed E-state index contributed by atoms with van der Waals surface area (Å²) in [5.74, 6) is 1.61. The molecule has 1 unspecified atom stereocenters. The topological polar surface area (TPSA) is 20.2 Å². The second kappa shape index (κ2) is 5.37. The molecule has 1 aliphatic carbocycles. The number of hydrogen-bond donors (Lipinski definition) is 1. The van der Waals surface area contributed by atoms with Crippen molar-refractivity contribution in [1.29, 1.82) is 0 Å². The molecule has 1 N–H and O–H groups in total. The van der Waals surface area contributed by atoms with Crippen LogP contribution >= 0.6 is 27.7 Å². The van der Waals surface area contributed by atoms with Crippen LogP contribution in [0.25, 0.3) is 0 Å². The monoisotopic (exact) mass is 286 g/mol. The third-order valence-corrected chi connectivity index (χ3v) is 4.74. The summed E-state index contributed by atoms with van der Waals surface area (Å²) in [6.45, 7) is 0. The van der Waals surface area contributed by atoms with Crippen LogP contribution in [0.5, 0.6) is 0 Å². The Labute approximate surface area is 103 Å². The second-order valence-electron chi connectivity index (χ2n) is 4.07. The minimum atomic E-state index is -0.144. The fourth-order valence-corrected chi connectivity index (χ4v) is 3.07. The highest BCUT2D eigenvalue weighted by Crippen LogP contribution is 2.35. The minimum Gasteiger partial charge on any atom is -0.392 e. The van der Waals surface area contributed by atoms with Crippen LogP contribution in [0.2, 0.25) is 0 Å². The molecule has 0 radical (unpaired) electrons. The van der Waals surface area contributed by atoms with E-state index in [9.17, 15) is 5.11 Å². The molecule has 3 heteroatoms. The maximum absolute atomic E-state index is 9.78. The lowest BCUT2D eigenvalue weighted by molar-refractivity contribution is 0.182. The van der Waals surface area contributed by atoms with Crippen molar-refractivity contribution < 1.29 is 5.11 Å². The standard InChI is InChI=1S/C12H15BrOS/c13-11-3-1-2-4-12(11)15-8-10(14)7-9-5-6-9/h1-4,9-10,14H,5-8H2. The average molecular weight is 287 g/mol. The highest BCUT2D eigenvalue weighted by Gasteiger charge is 2.24. The molecule has 0 aliphatic heterocycles. The van der Waals surface area contributed by atoms with E-state index in [4.69, 9.17) is 0 Å². The van der Waals surface area contributed by atoms with Crippen LogP contribution in [0.3, 0.4) is 0 Å². The fraction of sp³-hybridized carbons (Fsp3) is 0.500. The van der Waals surface area contributed by atoms with Crippen LogP contribution in [-0.2, 0) is 0 Å². The van der Waals surface area contributed by atoms with Gasteiger partial charge >= 0.3 is 0 Å². The van der Waals surface area contributed by atoms with Crippen molar-refractivity contribution in [2.24, 2.45) is 5.92 Å². The summed E-state index contributed by atoms with van der Waals surface area (Å²) < 4.78 is 1.12. The van der Waals surface area contributed by atoms with Gasteiger partial charge in [-0.05, 0) is 40.4 Å². The van der Waals surface area contributed by atoms with Gasteiger partial charge in [0.15, 0.2) is 0 Å². The van der Waals surface area contributed by atoms with Crippen molar-refractivity contribution in [2.45, 2.75) is 30.3 Å². The number of aliphatic hydroxyl groups is 1. The molecular weight excluding hydrogens is 272 g/mol. The molecule has 0 heterocycles. The molecule has 0 spiro atoms. The van der Waals surface area contributed by atoms with Gasteiger partial charge in [-0.15, -0.1) is 11.8 Å². The van der Waals surface area contributed by atoms with Gasteiger partial charge in [-0.1, -0.05) is 25.0 Å². The van der Waals surface area contributed by atoms with Crippen LogP contribution in [0.4, 0.5) is 0 Å². The Morgan fingerprint density at radius 1 is 1.40 bits per heavy atom. The molecule has 1 aromatic carbocycles. The quantitative estimate of drug-likeness (QED) is 0.833. The highest BCUT2D eigenvalue weighted by molar-refractivity contribution is 9.10. The molecule has 15 heavy (non-hydrogen) atoms. The van der Waals surface area contributed by atoms with Gasteiger partial charge in [0.2, 0.25) is 0 Å². The third kappa shape index (κ3) is 3.82. The van der Waals surface area contributed by atoms with Crippen molar-refractivity contribution in [3.8, 4) is 0 Å². The third-order valence-electron chi connectivity index (χ3n) is 2.57. The lowest BCUT2D eigenvalue weighted by Crippen LogP contribution is -2.10. The maximum Gasteiger partial charge on any atom is 0.0636 e. The number of aliphatic hydroxyl groups excluding tert-OH is 1. The SMILES string of the molecule is OC(CSc1ccccc1Br)CC1CC1. The van der Waals surface area contributed by atoms with E-state index in [2.05, 4.69) is 22.0 Å². The number of thioether (sulfide) groups is 1. The molecule has 0 aromatic heterocycles. The lowest BCUT2D eigenvalue weighted by atomic mass is 10.2. The molecule has 1 fully saturated rings. The maximum atomic E-state index is 9.78. The normalized spacial score (nSPS) is 17.7. The van der Waals surface area contributed by atoms with Gasteiger partial charge < -0.3 is 5.11 Å². The van der Waals surface area contributed by atoms with Gasteiger partial charge in [0.25, 0.3) is 0 Å². The van der Waals surface area contributed by atoms with E-state index in [-0.39, 0.29) is 6.10 Å². The predicted octanol–water partition coefficient (Wildman–Crippen LogP) is 3.70. The second-order valence-corrected chi connectivity index (χ2v) is 5.99. The van der Waals surface area contributed by atoms with Gasteiger partial charge in [-0.2, -0.15) is 0 Å². The van der Waals surface area contributed by atoms with Crippen LogP contribution in [0, 0.1) is 5.92 Å². The van der Waals surface area contributed by atoms with Gasteiger partial charge in [0.1, 0.15) is 0 Å². The zero-order valence-electron chi connectivity index (χ0n) is 8.53. The zero-order valence-corrected chi connectivity index (χ0v) is 10.9. The Morgan fingerprint density at radius 2 is 2.13 bits per heavy atom. The first-order valence-corrected chi connectivity index (χ1v) is 7.09. The molecule has 0 amide bonds. The molecule has 1 nitrogen and oxygen atoms in total. The van der Waals surface area contributed by atoms with Crippen molar-refractivity contribution in [2.75, 3.05) is 5.75 Å². The van der Waals surface area contributed by atoms with Crippen LogP contribution in [0.15, 0.2) is 33.6 Å². The van der Waals surface area contributed by atoms with Gasteiger partial charge in [-0.3, -0.25) is 0 Å². The van der Waals surface area contributed by atoms with Crippen molar-refractivity contribution in [3.63, 3.8) is 0 Å². The Bertz CT molecular complexity index is 325. The largest absolute Gasteiger partial charge is 0.392 e. The van der Waals surface area contributed by atoms with Gasteiger partial charge in [0.05, 0.1) is 6.10 Å². The zero-order chi connectivity index (χ0) is 10.7. The first-order chi connectivity index (χ1) is 7.25. The minimum absolute atomic E-state index is 0.144. The number of hydrogen-bond acceptors (Lipinski definition) is 2. The van der Waals surface area contributed by atoms with E-state index in [1.807, 2.05) is 18.2 Å². The van der Waals surface area contributed by atoms with E-state index in [1.165, 1.54) is 17.7 Å². The summed E-state index contributed by atoms with van der Waals surface area (Å²) in [5, 5.41) is 9.78. The van der Waals surface area contributed by atoms with E-state index in [1.54, 1.807) is 11.8 Å². The molecule has 1 aromatic rings. The van der Waals surface area contributed by atoms with E-state index >= 15 is 0 Å². The highest BCUT2D eigenvalue weighted by atomic mass is 79.9. The summed E-state index contributed by atoms with van der Waals surface area (Å²) in [4.78, 5) is 1.22. The summed E-state index contributed by atoms with van der Waals surface area (Å²) in [6.07, 6.45) is 3.47. The van der Waals surface area contributed by atoms with Crippen LogP contribution in [-0.4, -0.2) is 17.0 Å². The van der Waals surface area contributed by atoms with Crippen molar-refractivity contribution >= 4 is 27.7 Å².